The van der Waals surface area contributed by atoms with E-state index in [1.807, 2.05) is 6.92 Å². The van der Waals surface area contributed by atoms with Crippen molar-refractivity contribution >= 4 is 23.2 Å². The van der Waals surface area contributed by atoms with Crippen LogP contribution in [0.1, 0.15) is 24.1 Å². The van der Waals surface area contributed by atoms with E-state index in [4.69, 9.17) is 27.6 Å². The second kappa shape index (κ2) is 5.74. The second-order valence-electron chi connectivity index (χ2n) is 3.81. The van der Waals surface area contributed by atoms with Crippen LogP contribution in [0.3, 0.4) is 0 Å². The number of benzene rings is 1. The topological polar surface area (TPSA) is 25.2 Å². The maximum absolute atomic E-state index is 13.9. The Balaban J connectivity index is 2.45. The molecule has 96 valence electrons. The Kier molecular flexibility index (Phi) is 4.27. The molecule has 1 aromatic carbocycles. The van der Waals surface area contributed by atoms with Gasteiger partial charge in [0.05, 0.1) is 12.3 Å². The van der Waals surface area contributed by atoms with Gasteiger partial charge in [-0.3, -0.25) is 0 Å². The average Bonchev–Trinajstić information content (AvgIpc) is 2.73. The molecule has 0 aliphatic heterocycles. The third-order valence-electron chi connectivity index (χ3n) is 2.64. The van der Waals surface area contributed by atoms with E-state index in [2.05, 4.69) is 5.32 Å². The van der Waals surface area contributed by atoms with Crippen LogP contribution in [0, 0.1) is 5.82 Å². The van der Waals surface area contributed by atoms with Crippen molar-refractivity contribution in [2.75, 3.05) is 6.54 Å². The lowest BCUT2D eigenvalue weighted by Gasteiger charge is -2.18. The minimum Gasteiger partial charge on any atom is -0.453 e. The summed E-state index contributed by atoms with van der Waals surface area (Å²) in [7, 11) is 0. The standard InChI is InChI=1S/C13H12Cl2FNO/c1-2-17-12(10-5-6-18-13(10)15)9-4-3-8(14)7-11(9)16/h3-7,12,17H,2H2,1H3. The monoisotopic (exact) mass is 287 g/mol. The molecule has 0 amide bonds. The molecule has 1 heterocycles. The first kappa shape index (κ1) is 13.4. The van der Waals surface area contributed by atoms with Crippen molar-refractivity contribution in [1.82, 2.24) is 5.32 Å². The van der Waals surface area contributed by atoms with Gasteiger partial charge in [-0.25, -0.2) is 4.39 Å². The molecule has 18 heavy (non-hydrogen) atoms. The molecule has 1 unspecified atom stereocenters. The van der Waals surface area contributed by atoms with Crippen LogP contribution in [-0.4, -0.2) is 6.54 Å². The molecule has 0 radical (unpaired) electrons. The Hall–Kier alpha value is -1.03. The predicted molar refractivity (Wildman–Crippen MR) is 70.6 cm³/mol. The SMILES string of the molecule is CCNC(c1ccc(Cl)cc1F)c1ccoc1Cl. The van der Waals surface area contributed by atoms with Gasteiger partial charge in [-0.2, -0.15) is 0 Å². The number of hydrogen-bond acceptors (Lipinski definition) is 2. The van der Waals surface area contributed by atoms with Gasteiger partial charge in [0.15, 0.2) is 5.22 Å². The van der Waals surface area contributed by atoms with Gasteiger partial charge in [0.25, 0.3) is 0 Å². The van der Waals surface area contributed by atoms with Crippen LogP contribution in [0.4, 0.5) is 4.39 Å². The summed E-state index contributed by atoms with van der Waals surface area (Å²) in [4.78, 5) is 0. The molecule has 0 spiro atoms. The van der Waals surface area contributed by atoms with E-state index in [0.717, 1.165) is 0 Å². The van der Waals surface area contributed by atoms with E-state index in [0.29, 0.717) is 22.7 Å². The summed E-state index contributed by atoms with van der Waals surface area (Å²) in [6, 6.07) is 5.96. The van der Waals surface area contributed by atoms with Crippen LogP contribution in [0.25, 0.3) is 0 Å². The summed E-state index contributed by atoms with van der Waals surface area (Å²) < 4.78 is 19.0. The van der Waals surface area contributed by atoms with Crippen LogP contribution in [0.2, 0.25) is 10.2 Å². The lowest BCUT2D eigenvalue weighted by Crippen LogP contribution is -2.22. The fourth-order valence-electron chi connectivity index (χ4n) is 1.84. The number of furan rings is 1. The van der Waals surface area contributed by atoms with E-state index in [-0.39, 0.29) is 17.1 Å². The molecule has 5 heteroatoms. The molecular weight excluding hydrogens is 276 g/mol. The minimum atomic E-state index is -0.370. The minimum absolute atomic E-state index is 0.260. The summed E-state index contributed by atoms with van der Waals surface area (Å²) in [6.07, 6.45) is 1.48. The van der Waals surface area contributed by atoms with Crippen molar-refractivity contribution in [3.63, 3.8) is 0 Å². The Morgan fingerprint density at radius 1 is 1.28 bits per heavy atom. The zero-order chi connectivity index (χ0) is 13.1. The highest BCUT2D eigenvalue weighted by molar-refractivity contribution is 6.30. The Bertz CT molecular complexity index is 542. The molecule has 2 nitrogen and oxygen atoms in total. The largest absolute Gasteiger partial charge is 0.453 e. The van der Waals surface area contributed by atoms with E-state index < -0.39 is 0 Å². The Morgan fingerprint density at radius 2 is 2.06 bits per heavy atom. The Morgan fingerprint density at radius 3 is 2.61 bits per heavy atom. The second-order valence-corrected chi connectivity index (χ2v) is 4.59. The van der Waals surface area contributed by atoms with Crippen LogP contribution < -0.4 is 5.32 Å². The number of halogens is 3. The van der Waals surface area contributed by atoms with Gasteiger partial charge in [0.2, 0.25) is 0 Å². The molecule has 0 saturated heterocycles. The summed E-state index contributed by atoms with van der Waals surface area (Å²) in [5.74, 6) is -0.370. The highest BCUT2D eigenvalue weighted by atomic mass is 35.5. The molecule has 2 aromatic rings. The van der Waals surface area contributed by atoms with E-state index in [1.54, 1.807) is 18.2 Å². The molecular formula is C13H12Cl2FNO. The average molecular weight is 288 g/mol. The Labute approximate surface area is 115 Å². The number of nitrogens with one attached hydrogen (secondary N) is 1. The number of hydrogen-bond donors (Lipinski definition) is 1. The van der Waals surface area contributed by atoms with Gasteiger partial charge in [-0.15, -0.1) is 0 Å². The quantitative estimate of drug-likeness (QED) is 0.900. The summed E-state index contributed by atoms with van der Waals surface area (Å²) in [5.41, 5.74) is 1.20. The first-order valence-corrected chi connectivity index (χ1v) is 6.30. The lowest BCUT2D eigenvalue weighted by molar-refractivity contribution is 0.539. The molecule has 0 aliphatic rings. The smallest absolute Gasteiger partial charge is 0.198 e. The van der Waals surface area contributed by atoms with Crippen LogP contribution in [0.5, 0.6) is 0 Å². The first-order chi connectivity index (χ1) is 8.63. The van der Waals surface area contributed by atoms with Gasteiger partial charge in [-0.1, -0.05) is 24.6 Å². The third-order valence-corrected chi connectivity index (χ3v) is 3.18. The summed E-state index contributed by atoms with van der Waals surface area (Å²) in [5, 5.41) is 3.80. The van der Waals surface area contributed by atoms with Crippen molar-refractivity contribution in [3.05, 3.63) is 57.7 Å². The first-order valence-electron chi connectivity index (χ1n) is 5.54. The van der Waals surface area contributed by atoms with Crippen molar-refractivity contribution in [2.45, 2.75) is 13.0 Å². The van der Waals surface area contributed by atoms with Crippen LogP contribution in [-0.2, 0) is 0 Å². The van der Waals surface area contributed by atoms with Crippen molar-refractivity contribution in [3.8, 4) is 0 Å². The van der Waals surface area contributed by atoms with Crippen LogP contribution >= 0.6 is 23.2 Å². The predicted octanol–water partition coefficient (Wildman–Crippen LogP) is 4.42. The van der Waals surface area contributed by atoms with Gasteiger partial charge in [0, 0.05) is 16.1 Å². The molecule has 0 bridgehead atoms. The van der Waals surface area contributed by atoms with Crippen LogP contribution in [0.15, 0.2) is 34.9 Å². The zero-order valence-corrected chi connectivity index (χ0v) is 11.2. The zero-order valence-electron chi connectivity index (χ0n) is 9.71. The fraction of sp³-hybridized carbons (Fsp3) is 0.231. The van der Waals surface area contributed by atoms with Gasteiger partial charge < -0.3 is 9.73 Å². The molecule has 1 aromatic heterocycles. The van der Waals surface area contributed by atoms with E-state index in [1.165, 1.54) is 12.3 Å². The molecule has 0 fully saturated rings. The molecule has 0 saturated carbocycles. The maximum atomic E-state index is 13.9. The van der Waals surface area contributed by atoms with Gasteiger partial charge in [0.1, 0.15) is 5.82 Å². The molecule has 1 atom stereocenters. The molecule has 2 rings (SSSR count). The molecule has 1 N–H and O–H groups in total. The summed E-state index contributed by atoms with van der Waals surface area (Å²) >= 11 is 11.7. The normalized spacial score (nSPS) is 12.7. The van der Waals surface area contributed by atoms with E-state index in [9.17, 15) is 4.39 Å². The number of rotatable bonds is 4. The third kappa shape index (κ3) is 2.69. The summed E-state index contributed by atoms with van der Waals surface area (Å²) in [6.45, 7) is 2.61. The highest BCUT2D eigenvalue weighted by Crippen LogP contribution is 2.31. The maximum Gasteiger partial charge on any atom is 0.198 e. The van der Waals surface area contributed by atoms with Crippen molar-refractivity contribution in [2.24, 2.45) is 0 Å². The van der Waals surface area contributed by atoms with Gasteiger partial charge in [-0.05, 0) is 36.3 Å². The lowest BCUT2D eigenvalue weighted by atomic mass is 10.0. The van der Waals surface area contributed by atoms with E-state index >= 15 is 0 Å². The fourth-order valence-corrected chi connectivity index (χ4v) is 2.22. The van der Waals surface area contributed by atoms with Gasteiger partial charge >= 0.3 is 0 Å². The van der Waals surface area contributed by atoms with Crippen molar-refractivity contribution < 1.29 is 8.81 Å². The van der Waals surface area contributed by atoms with Crippen molar-refractivity contribution in [1.29, 1.82) is 0 Å². The molecule has 0 aliphatic carbocycles. The highest BCUT2D eigenvalue weighted by Gasteiger charge is 2.21.